The third-order valence-corrected chi connectivity index (χ3v) is 13.5. The summed E-state index contributed by atoms with van der Waals surface area (Å²) in [5.74, 6) is -0.904. The van der Waals surface area contributed by atoms with Crippen LogP contribution in [0.5, 0.6) is 0 Å². The quantitative estimate of drug-likeness (QED) is 0.0476. The summed E-state index contributed by atoms with van der Waals surface area (Å²) in [7, 11) is -5.41. The Hall–Kier alpha value is -1.31. The van der Waals surface area contributed by atoms with E-state index >= 15 is 0 Å². The van der Waals surface area contributed by atoms with Crippen molar-refractivity contribution in [2.75, 3.05) is 19.8 Å². The molecule has 7 nitrogen and oxygen atoms in total. The Kier molecular flexibility index (Phi) is 14.0. The van der Waals surface area contributed by atoms with Crippen LogP contribution >= 0.6 is 7.60 Å². The molecule has 0 saturated carbocycles. The predicted octanol–water partition coefficient (Wildman–Crippen LogP) is 7.25. The van der Waals surface area contributed by atoms with Gasteiger partial charge >= 0.3 is 13.6 Å². The standard InChI is InChI=1S/C27H49O7PSi/c1-13-24(34-25(29)21(4)17-16-20-33-36(11,12)26(6,7)8)27(9,10)19-18-23(28)22(5)35(30,31-14-2)32-15-3/h13,18-19,22,24H,1,4,14-17,20H2,2-3,5-12H3/b19-18+/t22?,24-/m0/s1. The molecule has 36 heavy (non-hydrogen) atoms. The van der Waals surface area contributed by atoms with Crippen molar-refractivity contribution >= 4 is 27.7 Å². The van der Waals surface area contributed by atoms with Gasteiger partial charge in [0.2, 0.25) is 0 Å². The highest BCUT2D eigenvalue weighted by atomic mass is 31.2. The lowest BCUT2D eigenvalue weighted by molar-refractivity contribution is -0.145. The summed E-state index contributed by atoms with van der Waals surface area (Å²) < 4.78 is 35.3. The molecule has 0 rings (SSSR count). The third-order valence-electron chi connectivity index (χ3n) is 6.54. The Morgan fingerprint density at radius 2 is 1.58 bits per heavy atom. The predicted molar refractivity (Wildman–Crippen MR) is 150 cm³/mol. The third kappa shape index (κ3) is 10.6. The first-order chi connectivity index (χ1) is 16.4. The van der Waals surface area contributed by atoms with Gasteiger partial charge in [0, 0.05) is 17.6 Å². The Morgan fingerprint density at radius 1 is 1.06 bits per heavy atom. The average molecular weight is 545 g/mol. The normalized spacial score (nSPS) is 14.9. The number of allylic oxidation sites excluding steroid dienone is 1. The summed E-state index contributed by atoms with van der Waals surface area (Å²) in [6, 6.07) is 0. The smallest absolute Gasteiger partial charge is 0.341 e. The summed E-state index contributed by atoms with van der Waals surface area (Å²) in [4.78, 5) is 25.4. The van der Waals surface area contributed by atoms with Gasteiger partial charge < -0.3 is 18.2 Å². The molecular weight excluding hydrogens is 495 g/mol. The zero-order valence-electron chi connectivity index (χ0n) is 24.1. The van der Waals surface area contributed by atoms with E-state index in [0.717, 1.165) is 0 Å². The van der Waals surface area contributed by atoms with Crippen molar-refractivity contribution in [3.05, 3.63) is 37.0 Å². The molecule has 1 unspecified atom stereocenters. The summed E-state index contributed by atoms with van der Waals surface area (Å²) in [5, 5.41) is 0.126. The fourth-order valence-electron chi connectivity index (χ4n) is 2.94. The minimum Gasteiger partial charge on any atom is -0.454 e. The second-order valence-corrected chi connectivity index (χ2v) is 18.2. The minimum absolute atomic E-state index is 0.126. The summed E-state index contributed by atoms with van der Waals surface area (Å²) in [6.45, 7) is 28.1. The van der Waals surface area contributed by atoms with Crippen molar-refractivity contribution in [1.29, 1.82) is 0 Å². The van der Waals surface area contributed by atoms with Gasteiger partial charge in [0.15, 0.2) is 14.1 Å². The second kappa shape index (κ2) is 14.6. The van der Waals surface area contributed by atoms with Crippen LogP contribution in [0.2, 0.25) is 18.1 Å². The van der Waals surface area contributed by atoms with Crippen LogP contribution in [0.1, 0.15) is 68.2 Å². The molecule has 0 aromatic heterocycles. The van der Waals surface area contributed by atoms with Gasteiger partial charge in [0.1, 0.15) is 11.8 Å². The number of esters is 1. The van der Waals surface area contributed by atoms with E-state index in [-0.39, 0.29) is 18.3 Å². The number of hydrogen-bond donors (Lipinski definition) is 0. The molecule has 0 spiro atoms. The van der Waals surface area contributed by atoms with Crippen LogP contribution in [0, 0.1) is 5.41 Å². The molecule has 0 fully saturated rings. The van der Waals surface area contributed by atoms with Crippen molar-refractivity contribution < 1.29 is 32.4 Å². The lowest BCUT2D eigenvalue weighted by Crippen LogP contribution is -2.41. The summed E-state index contributed by atoms with van der Waals surface area (Å²) >= 11 is 0. The van der Waals surface area contributed by atoms with Crippen molar-refractivity contribution in [3.8, 4) is 0 Å². The Labute approximate surface area is 220 Å². The van der Waals surface area contributed by atoms with Crippen LogP contribution in [-0.4, -0.2) is 51.7 Å². The Morgan fingerprint density at radius 3 is 2.03 bits per heavy atom. The molecule has 208 valence electrons. The second-order valence-electron chi connectivity index (χ2n) is 11.0. The van der Waals surface area contributed by atoms with E-state index in [1.54, 1.807) is 19.9 Å². The fraction of sp³-hybridized carbons (Fsp3) is 0.704. The van der Waals surface area contributed by atoms with Gasteiger partial charge in [-0.15, -0.1) is 0 Å². The molecule has 0 aliphatic carbocycles. The van der Waals surface area contributed by atoms with Crippen LogP contribution in [0.3, 0.4) is 0 Å². The molecule has 0 radical (unpaired) electrons. The molecule has 0 heterocycles. The zero-order valence-corrected chi connectivity index (χ0v) is 26.0. The van der Waals surface area contributed by atoms with E-state index in [4.69, 9.17) is 18.2 Å². The first kappa shape index (κ1) is 34.7. The molecule has 0 bridgehead atoms. The lowest BCUT2D eigenvalue weighted by Gasteiger charge is -2.36. The lowest BCUT2D eigenvalue weighted by atomic mass is 9.85. The maximum Gasteiger partial charge on any atom is 0.341 e. The largest absolute Gasteiger partial charge is 0.454 e. The Balaban J connectivity index is 5.10. The minimum atomic E-state index is -3.57. The van der Waals surface area contributed by atoms with Crippen LogP contribution < -0.4 is 0 Å². The maximum atomic E-state index is 12.9. The topological polar surface area (TPSA) is 88.1 Å². The monoisotopic (exact) mass is 544 g/mol. The molecule has 0 saturated heterocycles. The van der Waals surface area contributed by atoms with E-state index in [0.29, 0.717) is 25.0 Å². The molecular formula is C27H49O7PSi. The van der Waals surface area contributed by atoms with Gasteiger partial charge in [-0.2, -0.15) is 0 Å². The molecule has 0 N–H and O–H groups in total. The molecule has 0 amide bonds. The van der Waals surface area contributed by atoms with E-state index < -0.39 is 44.8 Å². The molecule has 2 atom stereocenters. The average Bonchev–Trinajstić information content (AvgIpc) is 2.77. The van der Waals surface area contributed by atoms with Gasteiger partial charge in [-0.3, -0.25) is 9.36 Å². The number of hydrogen-bond acceptors (Lipinski definition) is 7. The Bertz CT molecular complexity index is 830. The van der Waals surface area contributed by atoms with Crippen molar-refractivity contribution in [1.82, 2.24) is 0 Å². The summed E-state index contributed by atoms with van der Waals surface area (Å²) in [5.41, 5.74) is -1.35. The molecule has 9 heteroatoms. The van der Waals surface area contributed by atoms with Crippen LogP contribution in [-0.2, 0) is 32.4 Å². The summed E-state index contributed by atoms with van der Waals surface area (Å²) in [6.07, 6.45) is 4.93. The number of carbonyl (C=O) groups is 2. The van der Waals surface area contributed by atoms with Crippen LogP contribution in [0.25, 0.3) is 0 Å². The van der Waals surface area contributed by atoms with Gasteiger partial charge in [-0.05, 0) is 57.8 Å². The SMILES string of the molecule is C=C[C@H](OC(=O)C(=C)CCCO[Si](C)(C)C(C)(C)C)C(C)(C)/C=C/C(=O)C(C)P(=O)(OCC)OCC. The first-order valence-corrected chi connectivity index (χ1v) is 17.2. The maximum absolute atomic E-state index is 12.9. The number of ether oxygens (including phenoxy) is 1. The first-order valence-electron chi connectivity index (χ1n) is 12.7. The van der Waals surface area contributed by atoms with E-state index in [1.165, 1.54) is 19.1 Å². The van der Waals surface area contributed by atoms with E-state index in [1.807, 2.05) is 13.8 Å². The fourth-order valence-corrected chi connectivity index (χ4v) is 5.67. The molecule has 0 aliphatic heterocycles. The van der Waals surface area contributed by atoms with Gasteiger partial charge in [-0.25, -0.2) is 4.79 Å². The highest BCUT2D eigenvalue weighted by molar-refractivity contribution is 7.55. The van der Waals surface area contributed by atoms with E-state index in [9.17, 15) is 14.2 Å². The molecule has 0 aromatic rings. The van der Waals surface area contributed by atoms with Crippen LogP contribution in [0.4, 0.5) is 0 Å². The van der Waals surface area contributed by atoms with Gasteiger partial charge in [0.25, 0.3) is 0 Å². The highest BCUT2D eigenvalue weighted by Crippen LogP contribution is 2.53. The van der Waals surface area contributed by atoms with Crippen molar-refractivity contribution in [2.45, 2.75) is 98.1 Å². The van der Waals surface area contributed by atoms with Gasteiger partial charge in [-0.1, -0.05) is 59.9 Å². The van der Waals surface area contributed by atoms with Gasteiger partial charge in [0.05, 0.1) is 13.2 Å². The number of carbonyl (C=O) groups excluding carboxylic acids is 2. The van der Waals surface area contributed by atoms with Crippen molar-refractivity contribution in [3.63, 3.8) is 0 Å². The molecule has 0 aliphatic rings. The van der Waals surface area contributed by atoms with Crippen LogP contribution in [0.15, 0.2) is 37.0 Å². The van der Waals surface area contributed by atoms with Crippen molar-refractivity contribution in [2.24, 2.45) is 5.41 Å². The van der Waals surface area contributed by atoms with E-state index in [2.05, 4.69) is 47.0 Å². The molecule has 0 aromatic carbocycles. The zero-order chi connectivity index (χ0) is 28.4. The number of ketones is 1. The number of rotatable bonds is 17. The highest BCUT2D eigenvalue weighted by Gasteiger charge is 2.38.